The van der Waals surface area contributed by atoms with Crippen molar-refractivity contribution in [2.24, 2.45) is 27.4 Å². The second kappa shape index (κ2) is 6.96. The summed E-state index contributed by atoms with van der Waals surface area (Å²) >= 11 is 0. The maximum atomic E-state index is 7.51. The third-order valence-electron chi connectivity index (χ3n) is 2.68. The minimum atomic E-state index is -0.0614. The predicted molar refractivity (Wildman–Crippen MR) is 82.6 cm³/mol. The molecular weight excluding hydrogens is 287 g/mol. The van der Waals surface area contributed by atoms with E-state index in [0.717, 1.165) is 35.2 Å². The Morgan fingerprint density at radius 3 is 2.37 bits per heavy atom. The van der Waals surface area contributed by atoms with Crippen molar-refractivity contribution < 1.29 is 0 Å². The van der Waals surface area contributed by atoms with E-state index in [1.807, 2.05) is 18.2 Å². The van der Waals surface area contributed by atoms with Crippen LogP contribution in [0.3, 0.4) is 0 Å². The molecule has 6 nitrogen and oxygen atoms in total. The molecule has 19 heavy (non-hydrogen) atoms. The van der Waals surface area contributed by atoms with Gasteiger partial charge in [0.25, 0.3) is 0 Å². The largest absolute Gasteiger partial charge is 0.384 e. The Labute approximate surface area is 123 Å². The molecule has 1 aliphatic rings. The van der Waals surface area contributed by atoms with Crippen LogP contribution in [0.15, 0.2) is 28.4 Å². The SMILES string of the molecule is Cl.Cl.N=C(N)c1cccc2c1CCC2=NN=C(N)N. The van der Waals surface area contributed by atoms with Gasteiger partial charge in [-0.3, -0.25) is 5.41 Å². The Morgan fingerprint density at radius 1 is 1.11 bits per heavy atom. The lowest BCUT2D eigenvalue weighted by atomic mass is 10.0. The number of hydrogen-bond acceptors (Lipinski definition) is 3. The van der Waals surface area contributed by atoms with Gasteiger partial charge in [-0.15, -0.1) is 29.9 Å². The van der Waals surface area contributed by atoms with Crippen molar-refractivity contribution in [3.8, 4) is 0 Å². The number of rotatable bonds is 2. The van der Waals surface area contributed by atoms with Crippen LogP contribution in [-0.4, -0.2) is 17.5 Å². The van der Waals surface area contributed by atoms with E-state index in [9.17, 15) is 0 Å². The average Bonchev–Trinajstić information content (AvgIpc) is 2.68. The molecule has 1 aromatic carbocycles. The van der Waals surface area contributed by atoms with Crippen LogP contribution < -0.4 is 17.2 Å². The van der Waals surface area contributed by atoms with Crippen molar-refractivity contribution in [2.45, 2.75) is 12.8 Å². The van der Waals surface area contributed by atoms with Gasteiger partial charge in [-0.25, -0.2) is 0 Å². The summed E-state index contributed by atoms with van der Waals surface area (Å²) in [5, 5.41) is 15.2. The number of guanidine groups is 1. The van der Waals surface area contributed by atoms with Crippen LogP contribution in [-0.2, 0) is 6.42 Å². The molecule has 1 aliphatic carbocycles. The molecule has 0 atom stereocenters. The summed E-state index contributed by atoms with van der Waals surface area (Å²) in [5.41, 5.74) is 19.6. The van der Waals surface area contributed by atoms with E-state index in [0.29, 0.717) is 0 Å². The first-order chi connectivity index (χ1) is 8.09. The molecule has 0 amide bonds. The quantitative estimate of drug-likeness (QED) is 0.365. The minimum Gasteiger partial charge on any atom is -0.384 e. The number of amidine groups is 1. The summed E-state index contributed by atoms with van der Waals surface area (Å²) in [6.07, 6.45) is 1.57. The molecule has 0 fully saturated rings. The molecule has 8 heteroatoms. The molecule has 0 unspecified atom stereocenters. The second-order valence-corrected chi connectivity index (χ2v) is 3.82. The normalized spacial score (nSPS) is 14.0. The zero-order chi connectivity index (χ0) is 12.4. The molecule has 7 N–H and O–H groups in total. The topological polar surface area (TPSA) is 127 Å². The molecule has 0 heterocycles. The van der Waals surface area contributed by atoms with Crippen molar-refractivity contribution in [3.63, 3.8) is 0 Å². The fourth-order valence-electron chi connectivity index (χ4n) is 1.98. The van der Waals surface area contributed by atoms with Gasteiger partial charge < -0.3 is 17.2 Å². The van der Waals surface area contributed by atoms with E-state index in [1.54, 1.807) is 0 Å². The van der Waals surface area contributed by atoms with Crippen LogP contribution in [0.25, 0.3) is 0 Å². The van der Waals surface area contributed by atoms with Gasteiger partial charge in [-0.05, 0) is 18.4 Å². The fraction of sp³-hybridized carbons (Fsp3) is 0.182. The molecule has 0 spiro atoms. The molecule has 0 radical (unpaired) electrons. The molecule has 0 aromatic heterocycles. The highest BCUT2D eigenvalue weighted by atomic mass is 35.5. The Kier molecular flexibility index (Phi) is 6.31. The Hall–Kier alpha value is -1.79. The van der Waals surface area contributed by atoms with Crippen LogP contribution in [0, 0.1) is 5.41 Å². The highest BCUT2D eigenvalue weighted by Gasteiger charge is 2.21. The minimum absolute atomic E-state index is 0. The van der Waals surface area contributed by atoms with Gasteiger partial charge in [0, 0.05) is 11.1 Å². The number of fused-ring (bicyclic) bond motifs is 1. The van der Waals surface area contributed by atoms with Crippen LogP contribution in [0.4, 0.5) is 0 Å². The van der Waals surface area contributed by atoms with Crippen molar-refractivity contribution in [1.82, 2.24) is 0 Å². The van der Waals surface area contributed by atoms with Crippen molar-refractivity contribution >= 4 is 42.3 Å². The zero-order valence-electron chi connectivity index (χ0n) is 10.1. The fourth-order valence-corrected chi connectivity index (χ4v) is 1.98. The number of hydrogen-bond donors (Lipinski definition) is 4. The summed E-state index contributed by atoms with van der Waals surface area (Å²) in [5.74, 6) is 0.0126. The molecule has 2 rings (SSSR count). The molecule has 1 aromatic rings. The number of nitrogen functional groups attached to an aromatic ring is 1. The maximum absolute atomic E-state index is 7.51. The Balaban J connectivity index is 0.00000162. The molecule has 0 aliphatic heterocycles. The summed E-state index contributed by atoms with van der Waals surface area (Å²) in [4.78, 5) is 0. The number of benzene rings is 1. The third kappa shape index (κ3) is 3.59. The lowest BCUT2D eigenvalue weighted by molar-refractivity contribution is 1.07. The number of nitrogens with two attached hydrogens (primary N) is 3. The van der Waals surface area contributed by atoms with Gasteiger partial charge in [-0.1, -0.05) is 18.2 Å². The van der Waals surface area contributed by atoms with Gasteiger partial charge >= 0.3 is 0 Å². The molecule has 104 valence electrons. The zero-order valence-corrected chi connectivity index (χ0v) is 11.7. The average molecular weight is 303 g/mol. The van der Waals surface area contributed by atoms with E-state index >= 15 is 0 Å². The van der Waals surface area contributed by atoms with E-state index in [2.05, 4.69) is 10.2 Å². The molecule has 0 saturated heterocycles. The summed E-state index contributed by atoms with van der Waals surface area (Å²) in [6.45, 7) is 0. The molecular formula is C11H16Cl2N6. The van der Waals surface area contributed by atoms with Crippen LogP contribution >= 0.6 is 24.8 Å². The molecule has 0 bridgehead atoms. The lowest BCUT2D eigenvalue weighted by Gasteiger charge is -2.05. The van der Waals surface area contributed by atoms with Gasteiger partial charge in [0.15, 0.2) is 0 Å². The first-order valence-corrected chi connectivity index (χ1v) is 5.21. The standard InChI is InChI=1S/C11H14N6.2ClH/c12-10(13)8-3-1-2-7-6(8)4-5-9(7)16-17-11(14)15;;/h1-3H,4-5H2,(H3,12,13)(H4,14,15,17);2*1H. The Morgan fingerprint density at radius 2 is 1.79 bits per heavy atom. The monoisotopic (exact) mass is 302 g/mol. The van der Waals surface area contributed by atoms with Crippen molar-refractivity contribution in [2.75, 3.05) is 0 Å². The van der Waals surface area contributed by atoms with E-state index in [4.69, 9.17) is 22.6 Å². The first-order valence-electron chi connectivity index (χ1n) is 5.21. The lowest BCUT2D eigenvalue weighted by Crippen LogP contribution is -2.22. The number of halogens is 2. The first kappa shape index (κ1) is 17.2. The Bertz CT molecular complexity index is 534. The van der Waals surface area contributed by atoms with Crippen LogP contribution in [0.5, 0.6) is 0 Å². The third-order valence-corrected chi connectivity index (χ3v) is 2.68. The maximum Gasteiger partial charge on any atom is 0.211 e. The van der Waals surface area contributed by atoms with Crippen LogP contribution in [0.2, 0.25) is 0 Å². The van der Waals surface area contributed by atoms with Crippen molar-refractivity contribution in [3.05, 3.63) is 34.9 Å². The highest BCUT2D eigenvalue weighted by Crippen LogP contribution is 2.25. The smallest absolute Gasteiger partial charge is 0.211 e. The van der Waals surface area contributed by atoms with Gasteiger partial charge in [0.05, 0.1) is 5.71 Å². The summed E-state index contributed by atoms with van der Waals surface area (Å²) < 4.78 is 0. The highest BCUT2D eigenvalue weighted by molar-refractivity contribution is 6.08. The van der Waals surface area contributed by atoms with Gasteiger partial charge in [0.1, 0.15) is 5.84 Å². The van der Waals surface area contributed by atoms with Crippen LogP contribution in [0.1, 0.15) is 23.1 Å². The summed E-state index contributed by atoms with van der Waals surface area (Å²) in [6, 6.07) is 5.63. The van der Waals surface area contributed by atoms with Gasteiger partial charge in [0.2, 0.25) is 5.96 Å². The van der Waals surface area contributed by atoms with E-state index in [1.165, 1.54) is 0 Å². The molecule has 0 saturated carbocycles. The van der Waals surface area contributed by atoms with E-state index in [-0.39, 0.29) is 36.6 Å². The van der Waals surface area contributed by atoms with Gasteiger partial charge in [-0.2, -0.15) is 5.10 Å². The number of nitrogens with one attached hydrogen (secondary N) is 1. The number of nitrogens with zero attached hydrogens (tertiary/aromatic N) is 2. The summed E-state index contributed by atoms with van der Waals surface area (Å²) in [7, 11) is 0. The van der Waals surface area contributed by atoms with E-state index < -0.39 is 0 Å². The second-order valence-electron chi connectivity index (χ2n) is 3.82. The van der Waals surface area contributed by atoms with Crippen molar-refractivity contribution in [1.29, 1.82) is 5.41 Å². The predicted octanol–water partition coefficient (Wildman–Crippen LogP) is 0.738.